The molecule has 0 bridgehead atoms. The predicted octanol–water partition coefficient (Wildman–Crippen LogP) is 1.81. The third-order valence-corrected chi connectivity index (χ3v) is 5.20. The van der Waals surface area contributed by atoms with Gasteiger partial charge in [-0.05, 0) is 23.6 Å². The smallest absolute Gasteiger partial charge is 0.219 e. The van der Waals surface area contributed by atoms with Gasteiger partial charge < -0.3 is 4.90 Å². The fourth-order valence-corrected chi connectivity index (χ4v) is 3.87. The van der Waals surface area contributed by atoms with Gasteiger partial charge in [0, 0.05) is 58.8 Å². The predicted molar refractivity (Wildman–Crippen MR) is 88.5 cm³/mol. The normalized spacial score (nSPS) is 26.7. The number of halogens is 1. The van der Waals surface area contributed by atoms with Crippen molar-refractivity contribution in [3.8, 4) is 0 Å². The maximum atomic E-state index is 13.0. The van der Waals surface area contributed by atoms with Crippen LogP contribution in [0.2, 0.25) is 0 Å². The molecule has 0 radical (unpaired) electrons. The van der Waals surface area contributed by atoms with Crippen molar-refractivity contribution in [1.82, 2.24) is 14.7 Å². The number of amides is 1. The van der Waals surface area contributed by atoms with Gasteiger partial charge in [0.15, 0.2) is 0 Å². The molecule has 1 aromatic carbocycles. The van der Waals surface area contributed by atoms with E-state index in [1.165, 1.54) is 17.7 Å². The number of benzene rings is 1. The molecule has 2 heterocycles. The SMILES string of the molecule is CC(=O)N1CCN([C@H]2CN(Cc3ccc(F)cc3)C[C@H]2C)CC1. The molecular weight excluding hydrogens is 293 g/mol. The second-order valence-electron chi connectivity index (χ2n) is 6.91. The maximum absolute atomic E-state index is 13.0. The van der Waals surface area contributed by atoms with Gasteiger partial charge in [-0.25, -0.2) is 4.39 Å². The molecule has 5 heteroatoms. The summed E-state index contributed by atoms with van der Waals surface area (Å²) in [6.45, 7) is 10.6. The zero-order valence-electron chi connectivity index (χ0n) is 14.0. The first-order chi connectivity index (χ1) is 11.0. The zero-order valence-corrected chi connectivity index (χ0v) is 14.0. The number of piperazine rings is 1. The summed E-state index contributed by atoms with van der Waals surface area (Å²) < 4.78 is 13.0. The van der Waals surface area contributed by atoms with Crippen LogP contribution in [0.1, 0.15) is 19.4 Å². The molecule has 2 atom stereocenters. The van der Waals surface area contributed by atoms with E-state index in [1.807, 2.05) is 17.0 Å². The van der Waals surface area contributed by atoms with Gasteiger partial charge >= 0.3 is 0 Å². The van der Waals surface area contributed by atoms with Crippen LogP contribution in [0.15, 0.2) is 24.3 Å². The number of likely N-dealkylation sites (tertiary alicyclic amines) is 1. The lowest BCUT2D eigenvalue weighted by atomic mass is 10.0. The van der Waals surface area contributed by atoms with Gasteiger partial charge in [0.1, 0.15) is 5.82 Å². The van der Waals surface area contributed by atoms with Crippen LogP contribution in [0.5, 0.6) is 0 Å². The zero-order chi connectivity index (χ0) is 16.4. The van der Waals surface area contributed by atoms with E-state index in [4.69, 9.17) is 0 Å². The highest BCUT2D eigenvalue weighted by molar-refractivity contribution is 5.73. The number of nitrogens with zero attached hydrogens (tertiary/aromatic N) is 3. The third-order valence-electron chi connectivity index (χ3n) is 5.20. The van der Waals surface area contributed by atoms with Crippen molar-refractivity contribution in [1.29, 1.82) is 0 Å². The van der Waals surface area contributed by atoms with Crippen LogP contribution in [-0.2, 0) is 11.3 Å². The van der Waals surface area contributed by atoms with Crippen molar-refractivity contribution in [2.75, 3.05) is 39.3 Å². The first-order valence-electron chi connectivity index (χ1n) is 8.49. The van der Waals surface area contributed by atoms with Crippen LogP contribution < -0.4 is 0 Å². The lowest BCUT2D eigenvalue weighted by Crippen LogP contribution is -2.53. The second kappa shape index (κ2) is 6.97. The molecule has 0 saturated carbocycles. The highest BCUT2D eigenvalue weighted by Gasteiger charge is 2.35. The number of hydrogen-bond donors (Lipinski definition) is 0. The minimum atomic E-state index is -0.176. The highest BCUT2D eigenvalue weighted by atomic mass is 19.1. The molecule has 0 spiro atoms. The number of rotatable bonds is 3. The van der Waals surface area contributed by atoms with E-state index >= 15 is 0 Å². The van der Waals surface area contributed by atoms with Crippen molar-refractivity contribution in [3.63, 3.8) is 0 Å². The minimum Gasteiger partial charge on any atom is -0.340 e. The molecule has 126 valence electrons. The Kier molecular flexibility index (Phi) is 4.97. The fourth-order valence-electron chi connectivity index (χ4n) is 3.87. The van der Waals surface area contributed by atoms with Gasteiger partial charge in [-0.3, -0.25) is 14.6 Å². The molecule has 4 nitrogen and oxygen atoms in total. The van der Waals surface area contributed by atoms with Crippen molar-refractivity contribution in [3.05, 3.63) is 35.6 Å². The summed E-state index contributed by atoms with van der Waals surface area (Å²) in [5, 5.41) is 0. The first-order valence-corrected chi connectivity index (χ1v) is 8.49. The molecule has 1 amide bonds. The van der Waals surface area contributed by atoms with Gasteiger partial charge in [0.05, 0.1) is 0 Å². The molecule has 1 aromatic rings. The van der Waals surface area contributed by atoms with Crippen LogP contribution in [0.3, 0.4) is 0 Å². The second-order valence-corrected chi connectivity index (χ2v) is 6.91. The van der Waals surface area contributed by atoms with Crippen molar-refractivity contribution in [2.24, 2.45) is 5.92 Å². The Hall–Kier alpha value is -1.46. The Morgan fingerprint density at radius 1 is 1.13 bits per heavy atom. The molecular formula is C18H26FN3O. The quantitative estimate of drug-likeness (QED) is 0.850. The topological polar surface area (TPSA) is 26.8 Å². The lowest BCUT2D eigenvalue weighted by molar-refractivity contribution is -0.130. The van der Waals surface area contributed by atoms with Crippen molar-refractivity contribution >= 4 is 5.91 Å². The molecule has 0 aliphatic carbocycles. The molecule has 0 aromatic heterocycles. The van der Waals surface area contributed by atoms with Crippen LogP contribution in [0.4, 0.5) is 4.39 Å². The van der Waals surface area contributed by atoms with Crippen molar-refractivity contribution < 1.29 is 9.18 Å². The average molecular weight is 319 g/mol. The highest BCUT2D eigenvalue weighted by Crippen LogP contribution is 2.24. The van der Waals surface area contributed by atoms with Crippen molar-refractivity contribution in [2.45, 2.75) is 26.4 Å². The summed E-state index contributed by atoms with van der Waals surface area (Å²) in [5.41, 5.74) is 1.17. The largest absolute Gasteiger partial charge is 0.340 e. The Labute approximate surface area is 137 Å². The molecule has 3 rings (SSSR count). The summed E-state index contributed by atoms with van der Waals surface area (Å²) in [5.74, 6) is 0.631. The summed E-state index contributed by atoms with van der Waals surface area (Å²) in [6.07, 6.45) is 0. The Bertz CT molecular complexity index is 540. The van der Waals surface area contributed by atoms with Crippen LogP contribution in [0.25, 0.3) is 0 Å². The maximum Gasteiger partial charge on any atom is 0.219 e. The van der Waals surface area contributed by atoms with Gasteiger partial charge in [-0.2, -0.15) is 0 Å². The van der Waals surface area contributed by atoms with E-state index in [0.717, 1.165) is 45.8 Å². The van der Waals surface area contributed by atoms with Crippen LogP contribution in [0, 0.1) is 11.7 Å². The van der Waals surface area contributed by atoms with Gasteiger partial charge in [0.2, 0.25) is 5.91 Å². The number of carbonyl (C=O) groups excluding carboxylic acids is 1. The molecule has 2 aliphatic heterocycles. The number of hydrogen-bond acceptors (Lipinski definition) is 3. The molecule has 0 unspecified atom stereocenters. The minimum absolute atomic E-state index is 0.176. The molecule has 2 fully saturated rings. The molecule has 2 saturated heterocycles. The fraction of sp³-hybridized carbons (Fsp3) is 0.611. The van der Waals surface area contributed by atoms with E-state index in [0.29, 0.717) is 12.0 Å². The van der Waals surface area contributed by atoms with E-state index in [9.17, 15) is 9.18 Å². The van der Waals surface area contributed by atoms with Gasteiger partial charge in [-0.15, -0.1) is 0 Å². The summed E-state index contributed by atoms with van der Waals surface area (Å²) in [7, 11) is 0. The third kappa shape index (κ3) is 3.90. The van der Waals surface area contributed by atoms with Crippen LogP contribution in [-0.4, -0.2) is 65.9 Å². The summed E-state index contributed by atoms with van der Waals surface area (Å²) in [6, 6.07) is 7.38. The molecule has 0 N–H and O–H groups in total. The van der Waals surface area contributed by atoms with E-state index < -0.39 is 0 Å². The Balaban J connectivity index is 1.54. The lowest BCUT2D eigenvalue weighted by Gasteiger charge is -2.39. The molecule has 2 aliphatic rings. The summed E-state index contributed by atoms with van der Waals surface area (Å²) >= 11 is 0. The van der Waals surface area contributed by atoms with E-state index in [1.54, 1.807) is 6.92 Å². The van der Waals surface area contributed by atoms with Gasteiger partial charge in [-0.1, -0.05) is 19.1 Å². The van der Waals surface area contributed by atoms with E-state index in [2.05, 4.69) is 16.7 Å². The van der Waals surface area contributed by atoms with Crippen LogP contribution >= 0.6 is 0 Å². The Morgan fingerprint density at radius 2 is 1.78 bits per heavy atom. The average Bonchev–Trinajstić information content (AvgIpc) is 2.90. The van der Waals surface area contributed by atoms with Gasteiger partial charge in [0.25, 0.3) is 0 Å². The first kappa shape index (κ1) is 16.4. The number of carbonyl (C=O) groups is 1. The summed E-state index contributed by atoms with van der Waals surface area (Å²) in [4.78, 5) is 18.4. The van der Waals surface area contributed by atoms with E-state index in [-0.39, 0.29) is 11.7 Å². The molecule has 23 heavy (non-hydrogen) atoms. The Morgan fingerprint density at radius 3 is 2.39 bits per heavy atom. The standard InChI is InChI=1S/C18H26FN3O/c1-14-11-20(12-16-3-5-17(19)6-4-16)13-18(14)22-9-7-21(8-10-22)15(2)23/h3-6,14,18H,7-13H2,1-2H3/t14-,18+/m1/s1. The monoisotopic (exact) mass is 319 g/mol.